The third kappa shape index (κ3) is 3.31. The number of nitrogens with one attached hydrogen (secondary N) is 1. The summed E-state index contributed by atoms with van der Waals surface area (Å²) in [6.45, 7) is 2.08. The van der Waals surface area contributed by atoms with Gasteiger partial charge in [-0.25, -0.2) is 0 Å². The lowest BCUT2D eigenvalue weighted by molar-refractivity contribution is 0.355. The Labute approximate surface area is 130 Å². The van der Waals surface area contributed by atoms with E-state index in [-0.39, 0.29) is 6.04 Å². The Balaban J connectivity index is 2.41. The van der Waals surface area contributed by atoms with Crippen LogP contribution >= 0.6 is 11.6 Å². The van der Waals surface area contributed by atoms with Crippen molar-refractivity contribution < 1.29 is 9.47 Å². The summed E-state index contributed by atoms with van der Waals surface area (Å²) in [6, 6.07) is 12.2. The van der Waals surface area contributed by atoms with Crippen LogP contribution in [0.4, 0.5) is 0 Å². The molecule has 0 fully saturated rings. The number of hydrogen-bond donors (Lipinski definition) is 1. The Morgan fingerprint density at radius 1 is 0.952 bits per heavy atom. The minimum absolute atomic E-state index is 0.219. The summed E-state index contributed by atoms with van der Waals surface area (Å²) in [5, 5.41) is 3.95. The highest BCUT2D eigenvalue weighted by molar-refractivity contribution is 6.31. The molecule has 21 heavy (non-hydrogen) atoms. The average Bonchev–Trinajstić information content (AvgIpc) is 2.53. The standard InChI is InChI=1S/C17H20ClNO2/c1-11(19-2)14-7-5-12(9-15(14)18)13-6-8-16(20-3)17(10-13)21-4/h5-11,19H,1-4H3. The lowest BCUT2D eigenvalue weighted by Gasteiger charge is -2.14. The van der Waals surface area contributed by atoms with Crippen LogP contribution in [0.1, 0.15) is 18.5 Å². The fourth-order valence-corrected chi connectivity index (χ4v) is 2.57. The zero-order valence-corrected chi connectivity index (χ0v) is 13.5. The predicted octanol–water partition coefficient (Wildman–Crippen LogP) is 4.30. The van der Waals surface area contributed by atoms with E-state index in [1.807, 2.05) is 31.3 Å². The number of halogens is 1. The molecule has 0 saturated heterocycles. The largest absolute Gasteiger partial charge is 0.493 e. The van der Waals surface area contributed by atoms with E-state index in [0.717, 1.165) is 21.7 Å². The van der Waals surface area contributed by atoms with Crippen molar-refractivity contribution in [2.75, 3.05) is 21.3 Å². The highest BCUT2D eigenvalue weighted by Gasteiger charge is 2.11. The summed E-state index contributed by atoms with van der Waals surface area (Å²) >= 11 is 6.39. The highest BCUT2D eigenvalue weighted by Crippen LogP contribution is 2.34. The van der Waals surface area contributed by atoms with Crippen molar-refractivity contribution in [1.29, 1.82) is 0 Å². The molecular formula is C17H20ClNO2. The van der Waals surface area contributed by atoms with E-state index in [4.69, 9.17) is 21.1 Å². The third-order valence-corrected chi connectivity index (χ3v) is 3.94. The Morgan fingerprint density at radius 3 is 2.14 bits per heavy atom. The van der Waals surface area contributed by atoms with Gasteiger partial charge in [0.2, 0.25) is 0 Å². The molecule has 0 spiro atoms. The van der Waals surface area contributed by atoms with Gasteiger partial charge < -0.3 is 14.8 Å². The van der Waals surface area contributed by atoms with Crippen LogP contribution in [0.25, 0.3) is 11.1 Å². The normalized spacial score (nSPS) is 12.0. The first-order chi connectivity index (χ1) is 10.1. The second-order valence-electron chi connectivity index (χ2n) is 4.82. The number of methoxy groups -OCH3 is 2. The van der Waals surface area contributed by atoms with E-state index < -0.39 is 0 Å². The molecule has 3 nitrogen and oxygen atoms in total. The maximum atomic E-state index is 6.39. The topological polar surface area (TPSA) is 30.5 Å². The van der Waals surface area contributed by atoms with Gasteiger partial charge in [-0.1, -0.05) is 29.8 Å². The van der Waals surface area contributed by atoms with Crippen LogP contribution in [0.3, 0.4) is 0 Å². The molecule has 0 aliphatic heterocycles. The van der Waals surface area contributed by atoms with Crippen LogP contribution in [-0.2, 0) is 0 Å². The van der Waals surface area contributed by atoms with Gasteiger partial charge in [-0.05, 0) is 48.9 Å². The van der Waals surface area contributed by atoms with Crippen molar-refractivity contribution in [1.82, 2.24) is 5.32 Å². The van der Waals surface area contributed by atoms with E-state index in [0.29, 0.717) is 11.5 Å². The van der Waals surface area contributed by atoms with Gasteiger partial charge >= 0.3 is 0 Å². The molecule has 0 saturated carbocycles. The lowest BCUT2D eigenvalue weighted by atomic mass is 10.0. The summed E-state index contributed by atoms with van der Waals surface area (Å²) < 4.78 is 10.6. The van der Waals surface area contributed by atoms with Gasteiger partial charge in [0.1, 0.15) is 0 Å². The fourth-order valence-electron chi connectivity index (χ4n) is 2.23. The molecule has 0 aromatic heterocycles. The second kappa shape index (κ2) is 6.83. The van der Waals surface area contributed by atoms with Crippen LogP contribution in [0, 0.1) is 0 Å². The van der Waals surface area contributed by atoms with Crippen molar-refractivity contribution >= 4 is 11.6 Å². The van der Waals surface area contributed by atoms with Crippen molar-refractivity contribution in [2.24, 2.45) is 0 Å². The minimum atomic E-state index is 0.219. The van der Waals surface area contributed by atoms with Gasteiger partial charge in [-0.3, -0.25) is 0 Å². The molecule has 0 aliphatic carbocycles. The molecule has 4 heteroatoms. The van der Waals surface area contributed by atoms with Gasteiger partial charge in [0.25, 0.3) is 0 Å². The van der Waals surface area contributed by atoms with Crippen molar-refractivity contribution in [3.8, 4) is 22.6 Å². The van der Waals surface area contributed by atoms with E-state index in [1.54, 1.807) is 14.2 Å². The first-order valence-electron chi connectivity index (χ1n) is 6.79. The van der Waals surface area contributed by atoms with Crippen molar-refractivity contribution in [3.05, 3.63) is 47.0 Å². The van der Waals surface area contributed by atoms with E-state index >= 15 is 0 Å². The van der Waals surface area contributed by atoms with Gasteiger partial charge in [0.15, 0.2) is 11.5 Å². The minimum Gasteiger partial charge on any atom is -0.493 e. The van der Waals surface area contributed by atoms with Gasteiger partial charge in [0.05, 0.1) is 14.2 Å². The maximum absolute atomic E-state index is 6.39. The molecule has 0 bridgehead atoms. The molecule has 0 heterocycles. The first kappa shape index (κ1) is 15.7. The summed E-state index contributed by atoms with van der Waals surface area (Å²) in [5.74, 6) is 1.42. The van der Waals surface area contributed by atoms with Crippen molar-refractivity contribution in [2.45, 2.75) is 13.0 Å². The van der Waals surface area contributed by atoms with E-state index in [2.05, 4.69) is 24.4 Å². The summed E-state index contributed by atoms with van der Waals surface area (Å²) in [7, 11) is 5.18. The molecule has 2 aromatic rings. The molecule has 1 atom stereocenters. The Hall–Kier alpha value is -1.71. The second-order valence-corrected chi connectivity index (χ2v) is 5.22. The maximum Gasteiger partial charge on any atom is 0.161 e. The number of rotatable bonds is 5. The highest BCUT2D eigenvalue weighted by atomic mass is 35.5. The van der Waals surface area contributed by atoms with Crippen molar-refractivity contribution in [3.63, 3.8) is 0 Å². The molecule has 0 amide bonds. The Bertz CT molecular complexity index is 628. The molecule has 1 N–H and O–H groups in total. The average molecular weight is 306 g/mol. The molecular weight excluding hydrogens is 286 g/mol. The van der Waals surface area contributed by atoms with E-state index in [9.17, 15) is 0 Å². The van der Waals surface area contributed by atoms with Crippen LogP contribution in [-0.4, -0.2) is 21.3 Å². The Morgan fingerprint density at radius 2 is 1.57 bits per heavy atom. The zero-order chi connectivity index (χ0) is 15.4. The molecule has 112 valence electrons. The lowest BCUT2D eigenvalue weighted by Crippen LogP contribution is -2.12. The quantitative estimate of drug-likeness (QED) is 0.893. The first-order valence-corrected chi connectivity index (χ1v) is 7.17. The van der Waals surface area contributed by atoms with Gasteiger partial charge in [-0.15, -0.1) is 0 Å². The van der Waals surface area contributed by atoms with E-state index in [1.165, 1.54) is 0 Å². The molecule has 2 aromatic carbocycles. The monoisotopic (exact) mass is 305 g/mol. The zero-order valence-electron chi connectivity index (χ0n) is 12.7. The van der Waals surface area contributed by atoms with Gasteiger partial charge in [-0.2, -0.15) is 0 Å². The molecule has 0 aliphatic rings. The summed E-state index contributed by atoms with van der Waals surface area (Å²) in [4.78, 5) is 0. The van der Waals surface area contributed by atoms with Gasteiger partial charge in [0, 0.05) is 11.1 Å². The fraction of sp³-hybridized carbons (Fsp3) is 0.294. The van der Waals surface area contributed by atoms with Crippen LogP contribution in [0.5, 0.6) is 11.5 Å². The number of hydrogen-bond acceptors (Lipinski definition) is 3. The van der Waals surface area contributed by atoms with Crippen LogP contribution in [0.15, 0.2) is 36.4 Å². The SMILES string of the molecule is CNC(C)c1ccc(-c2ccc(OC)c(OC)c2)cc1Cl. The summed E-state index contributed by atoms with van der Waals surface area (Å²) in [6.07, 6.45) is 0. The molecule has 2 rings (SSSR count). The summed E-state index contributed by atoms with van der Waals surface area (Å²) in [5.41, 5.74) is 3.18. The number of benzene rings is 2. The molecule has 1 unspecified atom stereocenters. The third-order valence-electron chi connectivity index (χ3n) is 3.62. The van der Waals surface area contributed by atoms with Crippen LogP contribution < -0.4 is 14.8 Å². The number of ether oxygens (including phenoxy) is 2. The smallest absolute Gasteiger partial charge is 0.161 e. The predicted molar refractivity (Wildman–Crippen MR) is 87.5 cm³/mol. The van der Waals surface area contributed by atoms with Crippen LogP contribution in [0.2, 0.25) is 5.02 Å². The molecule has 0 radical (unpaired) electrons. The Kier molecular flexibility index (Phi) is 5.10.